The molecule has 4 aliphatic rings. The predicted molar refractivity (Wildman–Crippen MR) is 128 cm³/mol. The molecule has 7 atom stereocenters. The normalized spacial score (nSPS) is 33.1. The van der Waals surface area contributed by atoms with E-state index in [-0.39, 0.29) is 64.0 Å². The minimum atomic E-state index is -0.517. The van der Waals surface area contributed by atoms with Gasteiger partial charge >= 0.3 is 10.8 Å². The number of hydrogen-bond donors (Lipinski definition) is 1. The van der Waals surface area contributed by atoms with E-state index in [0.29, 0.717) is 6.61 Å². The Kier molecular flexibility index (Phi) is 5.44. The first-order chi connectivity index (χ1) is 16.5. The molecule has 34 heavy (non-hydrogen) atoms. The highest BCUT2D eigenvalue weighted by Crippen LogP contribution is 2.68. The number of fused-ring (bicyclic) bond motifs is 9. The topological polar surface area (TPSA) is 96.5 Å². The number of carbonyl (C=O) groups excluding carboxylic acids is 3. The van der Waals surface area contributed by atoms with E-state index in [1.807, 2.05) is 25.1 Å². The average Bonchev–Trinajstić information content (AvgIpc) is 3.55. The fourth-order valence-electron chi connectivity index (χ4n) is 6.77. The highest BCUT2D eigenvalue weighted by Gasteiger charge is 2.69. The lowest BCUT2D eigenvalue weighted by Crippen LogP contribution is -2.42. The summed E-state index contributed by atoms with van der Waals surface area (Å²) in [5, 5.41) is 1.06. The van der Waals surface area contributed by atoms with Crippen molar-refractivity contribution in [1.29, 1.82) is 0 Å². The molecule has 2 saturated carbocycles. The quantitative estimate of drug-likeness (QED) is 0.373. The van der Waals surface area contributed by atoms with Crippen molar-refractivity contribution in [2.45, 2.75) is 42.4 Å². The standard InChI is InChI=1S/C25H26N2O5S2/c1-2-3-9-32-15(28)11-27-23(29)18-13-10-14(19(18)24(27)30)20-17(13)16(12-7-5-4-6-8-12)21-22(33-20)26-25(31)34-21/h4-8,13-14,16-20H,2-3,9-11H2,1H3,(H,26,31). The van der Waals surface area contributed by atoms with Crippen LogP contribution in [0.15, 0.2) is 40.2 Å². The number of thioether (sulfide) groups is 1. The molecule has 3 fully saturated rings. The number of nitrogens with zero attached hydrogens (tertiary/aromatic N) is 1. The molecule has 2 amide bonds. The maximum absolute atomic E-state index is 13.5. The number of nitrogens with one attached hydrogen (secondary N) is 1. The number of unbranched alkanes of at least 4 members (excludes halogenated alkanes) is 1. The molecule has 1 N–H and O–H groups in total. The Balaban J connectivity index is 1.32. The van der Waals surface area contributed by atoms with E-state index >= 15 is 0 Å². The Morgan fingerprint density at radius 2 is 1.85 bits per heavy atom. The van der Waals surface area contributed by atoms with E-state index in [0.717, 1.165) is 39.6 Å². The number of likely N-dealkylation sites (tertiary alicyclic amines) is 1. The molecule has 7 nitrogen and oxygen atoms in total. The number of H-pyrrole nitrogens is 1. The zero-order valence-electron chi connectivity index (χ0n) is 18.8. The van der Waals surface area contributed by atoms with Gasteiger partial charge in [-0.25, -0.2) is 0 Å². The average molecular weight is 499 g/mol. The number of ether oxygens (including phenoxy) is 1. The van der Waals surface area contributed by atoms with Crippen LogP contribution in [0.1, 0.15) is 42.5 Å². The Labute approximate surface area is 205 Å². The van der Waals surface area contributed by atoms with Gasteiger partial charge in [0.15, 0.2) is 0 Å². The lowest BCUT2D eigenvalue weighted by atomic mass is 9.68. The molecule has 0 radical (unpaired) electrons. The zero-order valence-corrected chi connectivity index (χ0v) is 20.4. The molecule has 2 bridgehead atoms. The van der Waals surface area contributed by atoms with Crippen LogP contribution < -0.4 is 4.87 Å². The van der Waals surface area contributed by atoms with Crippen molar-refractivity contribution in [3.63, 3.8) is 0 Å². The zero-order chi connectivity index (χ0) is 23.6. The predicted octanol–water partition coefficient (Wildman–Crippen LogP) is 3.25. The molecular weight excluding hydrogens is 472 g/mol. The second-order valence-electron chi connectivity index (χ2n) is 9.71. The van der Waals surface area contributed by atoms with E-state index < -0.39 is 5.97 Å². The van der Waals surface area contributed by atoms with Crippen LogP contribution >= 0.6 is 23.1 Å². The molecule has 0 spiro atoms. The van der Waals surface area contributed by atoms with Crippen LogP contribution in [0, 0.1) is 29.6 Å². The van der Waals surface area contributed by atoms with Crippen LogP contribution in [0.5, 0.6) is 0 Å². The number of aromatic nitrogens is 1. The third kappa shape index (κ3) is 3.23. The largest absolute Gasteiger partial charge is 0.464 e. The third-order valence-corrected chi connectivity index (χ3v) is 10.6. The minimum absolute atomic E-state index is 0.0262. The molecule has 3 heterocycles. The molecule has 178 valence electrons. The molecule has 2 aliphatic carbocycles. The summed E-state index contributed by atoms with van der Waals surface area (Å²) in [4.78, 5) is 56.5. The minimum Gasteiger partial charge on any atom is -0.464 e. The van der Waals surface area contributed by atoms with Crippen molar-refractivity contribution >= 4 is 40.9 Å². The number of benzene rings is 1. The molecule has 7 unspecified atom stereocenters. The SMILES string of the molecule is CCCCOC(=O)CN1C(=O)C2C3CC(C2C1=O)C1C(c2ccccc2)c2sc(=O)[nH]c2SC31. The first kappa shape index (κ1) is 22.1. The van der Waals surface area contributed by atoms with E-state index in [1.54, 1.807) is 11.8 Å². The van der Waals surface area contributed by atoms with Gasteiger partial charge in [-0.2, -0.15) is 0 Å². The van der Waals surface area contributed by atoms with Gasteiger partial charge in [-0.3, -0.25) is 24.1 Å². The van der Waals surface area contributed by atoms with Crippen LogP contribution in [0.4, 0.5) is 0 Å². The molecule has 1 aromatic heterocycles. The lowest BCUT2D eigenvalue weighted by molar-refractivity contribution is -0.153. The summed E-state index contributed by atoms with van der Waals surface area (Å²) >= 11 is 2.93. The summed E-state index contributed by atoms with van der Waals surface area (Å²) in [5.41, 5.74) is 1.14. The van der Waals surface area contributed by atoms with Gasteiger partial charge in [0.1, 0.15) is 6.54 Å². The van der Waals surface area contributed by atoms with Gasteiger partial charge in [0.2, 0.25) is 11.8 Å². The smallest absolute Gasteiger partial charge is 0.326 e. The van der Waals surface area contributed by atoms with E-state index in [9.17, 15) is 19.2 Å². The van der Waals surface area contributed by atoms with E-state index in [4.69, 9.17) is 4.74 Å². The Hall–Kier alpha value is -2.39. The third-order valence-electron chi connectivity index (χ3n) is 8.02. The maximum atomic E-state index is 13.5. The van der Waals surface area contributed by atoms with Gasteiger partial charge in [0.05, 0.1) is 23.5 Å². The molecule has 2 aliphatic heterocycles. The summed E-state index contributed by atoms with van der Waals surface area (Å²) in [6.45, 7) is 2.02. The first-order valence-corrected chi connectivity index (χ1v) is 13.6. The van der Waals surface area contributed by atoms with Gasteiger partial charge in [-0.15, -0.1) is 11.8 Å². The van der Waals surface area contributed by atoms with Crippen molar-refractivity contribution in [2.24, 2.45) is 29.6 Å². The number of hydrogen-bond acceptors (Lipinski definition) is 7. The molecule has 1 aromatic carbocycles. The number of esters is 1. The summed E-state index contributed by atoms with van der Waals surface area (Å²) in [6, 6.07) is 10.2. The number of amides is 2. The first-order valence-electron chi connectivity index (χ1n) is 11.9. The summed E-state index contributed by atoms with van der Waals surface area (Å²) in [7, 11) is 0. The number of aromatic amines is 1. The fourth-order valence-corrected chi connectivity index (χ4v) is 9.66. The molecular formula is C25H26N2O5S2. The van der Waals surface area contributed by atoms with Gasteiger partial charge in [0.25, 0.3) is 0 Å². The van der Waals surface area contributed by atoms with Crippen molar-refractivity contribution in [1.82, 2.24) is 9.88 Å². The highest BCUT2D eigenvalue weighted by atomic mass is 32.2. The molecule has 1 saturated heterocycles. The molecule has 6 rings (SSSR count). The van der Waals surface area contributed by atoms with Crippen molar-refractivity contribution in [2.75, 3.05) is 13.2 Å². The van der Waals surface area contributed by atoms with Crippen molar-refractivity contribution < 1.29 is 19.1 Å². The molecule has 9 heteroatoms. The van der Waals surface area contributed by atoms with E-state index in [2.05, 4.69) is 17.1 Å². The number of thiazole rings is 1. The highest BCUT2D eigenvalue weighted by molar-refractivity contribution is 8.00. The van der Waals surface area contributed by atoms with Gasteiger partial charge in [0, 0.05) is 16.0 Å². The van der Waals surface area contributed by atoms with Crippen LogP contribution in [-0.4, -0.2) is 46.1 Å². The maximum Gasteiger partial charge on any atom is 0.326 e. The second kappa shape index (κ2) is 8.37. The number of rotatable bonds is 6. The van der Waals surface area contributed by atoms with Crippen molar-refractivity contribution in [3.05, 3.63) is 50.4 Å². The summed E-state index contributed by atoms with van der Waals surface area (Å²) in [5.74, 6) is -1.41. The Morgan fingerprint density at radius 3 is 2.59 bits per heavy atom. The Morgan fingerprint density at radius 1 is 1.12 bits per heavy atom. The van der Waals surface area contributed by atoms with Crippen LogP contribution in [0.25, 0.3) is 0 Å². The summed E-state index contributed by atoms with van der Waals surface area (Å²) in [6.07, 6.45) is 2.51. The van der Waals surface area contributed by atoms with Gasteiger partial charge in [-0.05, 0) is 36.2 Å². The van der Waals surface area contributed by atoms with Crippen LogP contribution in [0.3, 0.4) is 0 Å². The monoisotopic (exact) mass is 498 g/mol. The van der Waals surface area contributed by atoms with E-state index in [1.165, 1.54) is 11.3 Å². The number of imide groups is 1. The fraction of sp³-hybridized carbons (Fsp3) is 0.520. The lowest BCUT2D eigenvalue weighted by Gasteiger charge is -2.43. The molecule has 2 aromatic rings. The van der Waals surface area contributed by atoms with Crippen LogP contribution in [-0.2, 0) is 19.1 Å². The second-order valence-corrected chi connectivity index (χ2v) is 11.9. The summed E-state index contributed by atoms with van der Waals surface area (Å²) < 4.78 is 5.22. The number of carbonyl (C=O) groups is 3. The van der Waals surface area contributed by atoms with Crippen LogP contribution in [0.2, 0.25) is 0 Å². The Bertz CT molecular complexity index is 1210. The van der Waals surface area contributed by atoms with Crippen molar-refractivity contribution in [3.8, 4) is 0 Å². The van der Waals surface area contributed by atoms with Gasteiger partial charge < -0.3 is 9.72 Å². The van der Waals surface area contributed by atoms with Gasteiger partial charge in [-0.1, -0.05) is 55.0 Å².